The first-order valence-electron chi connectivity index (χ1n) is 5.58. The number of rotatable bonds is 6. The van der Waals surface area contributed by atoms with Crippen molar-refractivity contribution in [1.29, 1.82) is 0 Å². The molecule has 0 saturated heterocycles. The van der Waals surface area contributed by atoms with Gasteiger partial charge in [0.1, 0.15) is 5.75 Å². The molecular formula is C12H14ClN3O2. The van der Waals surface area contributed by atoms with E-state index < -0.39 is 0 Å². The van der Waals surface area contributed by atoms with Crippen molar-refractivity contribution in [3.05, 3.63) is 41.0 Å². The summed E-state index contributed by atoms with van der Waals surface area (Å²) in [5.74, 6) is 1.52. The van der Waals surface area contributed by atoms with Crippen molar-refractivity contribution in [2.75, 3.05) is 13.7 Å². The molecule has 0 amide bonds. The van der Waals surface area contributed by atoms with E-state index in [0.29, 0.717) is 17.4 Å². The maximum atomic E-state index is 5.95. The Labute approximate surface area is 110 Å². The van der Waals surface area contributed by atoms with E-state index in [1.807, 2.05) is 18.2 Å². The zero-order valence-electron chi connectivity index (χ0n) is 10.0. The van der Waals surface area contributed by atoms with Crippen LogP contribution in [0.3, 0.4) is 0 Å². The third-order valence-corrected chi connectivity index (χ3v) is 2.73. The molecule has 0 unspecified atom stereocenters. The van der Waals surface area contributed by atoms with Gasteiger partial charge in [-0.05, 0) is 18.2 Å². The molecule has 1 N–H and O–H groups in total. The standard InChI is InChI=1S/C12H14ClN3O2/c1-17-11-3-2-10(13)6-9(11)7-14-5-4-12-15-8-18-16-12/h2-3,6,8,14H,4-5,7H2,1H3. The lowest BCUT2D eigenvalue weighted by atomic mass is 10.2. The zero-order valence-corrected chi connectivity index (χ0v) is 10.8. The second-order valence-corrected chi connectivity index (χ2v) is 4.17. The highest BCUT2D eigenvalue weighted by Gasteiger charge is 2.04. The smallest absolute Gasteiger partial charge is 0.213 e. The van der Waals surface area contributed by atoms with Crippen molar-refractivity contribution < 1.29 is 9.26 Å². The fraction of sp³-hybridized carbons (Fsp3) is 0.333. The summed E-state index contributed by atoms with van der Waals surface area (Å²) in [4.78, 5) is 3.95. The SMILES string of the molecule is COc1ccc(Cl)cc1CNCCc1ncon1. The summed E-state index contributed by atoms with van der Waals surface area (Å²) < 4.78 is 9.92. The van der Waals surface area contributed by atoms with Gasteiger partial charge in [-0.3, -0.25) is 0 Å². The number of hydrogen-bond acceptors (Lipinski definition) is 5. The lowest BCUT2D eigenvalue weighted by Crippen LogP contribution is -2.17. The summed E-state index contributed by atoms with van der Waals surface area (Å²) in [6.45, 7) is 1.44. The maximum Gasteiger partial charge on any atom is 0.213 e. The topological polar surface area (TPSA) is 60.2 Å². The summed E-state index contributed by atoms with van der Waals surface area (Å²) >= 11 is 5.95. The number of aromatic nitrogens is 2. The second-order valence-electron chi connectivity index (χ2n) is 3.73. The van der Waals surface area contributed by atoms with Crippen molar-refractivity contribution in [2.24, 2.45) is 0 Å². The molecule has 0 spiro atoms. The van der Waals surface area contributed by atoms with Gasteiger partial charge in [-0.15, -0.1) is 0 Å². The fourth-order valence-electron chi connectivity index (χ4n) is 1.61. The molecule has 6 heteroatoms. The van der Waals surface area contributed by atoms with Crippen molar-refractivity contribution in [1.82, 2.24) is 15.5 Å². The first-order valence-corrected chi connectivity index (χ1v) is 5.96. The van der Waals surface area contributed by atoms with Crippen LogP contribution in [-0.4, -0.2) is 23.8 Å². The number of ether oxygens (including phenoxy) is 1. The Balaban J connectivity index is 1.84. The molecule has 0 fully saturated rings. The van der Waals surface area contributed by atoms with Crippen LogP contribution in [-0.2, 0) is 13.0 Å². The summed E-state index contributed by atoms with van der Waals surface area (Å²) in [6, 6.07) is 5.56. The predicted octanol–water partition coefficient (Wildman–Crippen LogP) is 2.06. The van der Waals surface area contributed by atoms with E-state index >= 15 is 0 Å². The van der Waals surface area contributed by atoms with Crippen molar-refractivity contribution in [3.8, 4) is 5.75 Å². The van der Waals surface area contributed by atoms with Crippen LogP contribution in [0.2, 0.25) is 5.02 Å². The molecule has 0 atom stereocenters. The molecule has 2 aromatic rings. The number of hydrogen-bond donors (Lipinski definition) is 1. The van der Waals surface area contributed by atoms with Gasteiger partial charge < -0.3 is 14.6 Å². The van der Waals surface area contributed by atoms with Gasteiger partial charge in [0.05, 0.1) is 7.11 Å². The quantitative estimate of drug-likeness (QED) is 0.812. The van der Waals surface area contributed by atoms with Crippen LogP contribution in [0.1, 0.15) is 11.4 Å². The van der Waals surface area contributed by atoms with Crippen molar-refractivity contribution >= 4 is 11.6 Å². The van der Waals surface area contributed by atoms with Crippen LogP contribution < -0.4 is 10.1 Å². The molecule has 1 heterocycles. The number of benzene rings is 1. The van der Waals surface area contributed by atoms with Gasteiger partial charge in [0.25, 0.3) is 0 Å². The van der Waals surface area contributed by atoms with Crippen LogP contribution in [0.25, 0.3) is 0 Å². The minimum Gasteiger partial charge on any atom is -0.496 e. The third-order valence-electron chi connectivity index (χ3n) is 2.49. The van der Waals surface area contributed by atoms with Gasteiger partial charge in [-0.25, -0.2) is 0 Å². The first kappa shape index (κ1) is 12.9. The lowest BCUT2D eigenvalue weighted by molar-refractivity contribution is 0.405. The molecule has 0 bridgehead atoms. The lowest BCUT2D eigenvalue weighted by Gasteiger charge is -2.09. The molecule has 0 aliphatic rings. The summed E-state index contributed by atoms with van der Waals surface area (Å²) in [6.07, 6.45) is 2.05. The summed E-state index contributed by atoms with van der Waals surface area (Å²) in [5, 5.41) is 7.72. The van der Waals surface area contributed by atoms with Crippen molar-refractivity contribution in [3.63, 3.8) is 0 Å². The number of methoxy groups -OCH3 is 1. The van der Waals surface area contributed by atoms with Gasteiger partial charge in [-0.1, -0.05) is 16.8 Å². The highest BCUT2D eigenvalue weighted by molar-refractivity contribution is 6.30. The van der Waals surface area contributed by atoms with E-state index in [0.717, 1.165) is 24.3 Å². The molecule has 0 aliphatic heterocycles. The molecule has 0 aliphatic carbocycles. The third kappa shape index (κ3) is 3.45. The Kier molecular flexibility index (Phi) is 4.55. The molecule has 2 rings (SSSR count). The maximum absolute atomic E-state index is 5.95. The highest BCUT2D eigenvalue weighted by atomic mass is 35.5. The van der Waals surface area contributed by atoms with E-state index in [2.05, 4.69) is 20.0 Å². The van der Waals surface area contributed by atoms with Crippen LogP contribution in [0.5, 0.6) is 5.75 Å². The molecule has 18 heavy (non-hydrogen) atoms. The van der Waals surface area contributed by atoms with E-state index in [4.69, 9.17) is 16.3 Å². The predicted molar refractivity (Wildman–Crippen MR) is 67.7 cm³/mol. The average Bonchev–Trinajstić information content (AvgIpc) is 2.88. The zero-order chi connectivity index (χ0) is 12.8. The van der Waals surface area contributed by atoms with Crippen LogP contribution in [0, 0.1) is 0 Å². The minimum absolute atomic E-state index is 0.682. The summed E-state index contributed by atoms with van der Waals surface area (Å²) in [7, 11) is 1.64. The number of nitrogens with zero attached hydrogens (tertiary/aromatic N) is 2. The van der Waals surface area contributed by atoms with Crippen LogP contribution in [0.15, 0.2) is 29.1 Å². The first-order chi connectivity index (χ1) is 8.79. The molecule has 0 radical (unpaired) electrons. The normalized spacial score (nSPS) is 10.6. The van der Waals surface area contributed by atoms with E-state index in [1.165, 1.54) is 6.39 Å². The Hall–Kier alpha value is -1.59. The van der Waals surface area contributed by atoms with Gasteiger partial charge in [0.2, 0.25) is 6.39 Å². The molecule has 96 valence electrons. The molecule has 5 nitrogen and oxygen atoms in total. The Morgan fingerprint density at radius 3 is 3.06 bits per heavy atom. The number of nitrogens with one attached hydrogen (secondary N) is 1. The Morgan fingerprint density at radius 1 is 1.44 bits per heavy atom. The van der Waals surface area contributed by atoms with E-state index in [1.54, 1.807) is 7.11 Å². The van der Waals surface area contributed by atoms with Crippen molar-refractivity contribution in [2.45, 2.75) is 13.0 Å². The highest BCUT2D eigenvalue weighted by Crippen LogP contribution is 2.22. The van der Waals surface area contributed by atoms with Crippen LogP contribution >= 0.6 is 11.6 Å². The fourth-order valence-corrected chi connectivity index (χ4v) is 1.81. The number of halogens is 1. The van der Waals surface area contributed by atoms with Gasteiger partial charge >= 0.3 is 0 Å². The molecule has 1 aromatic heterocycles. The monoisotopic (exact) mass is 267 g/mol. The van der Waals surface area contributed by atoms with Crippen LogP contribution in [0.4, 0.5) is 0 Å². The van der Waals surface area contributed by atoms with Gasteiger partial charge in [0.15, 0.2) is 5.82 Å². The Morgan fingerprint density at radius 2 is 2.33 bits per heavy atom. The molecular weight excluding hydrogens is 254 g/mol. The van der Waals surface area contributed by atoms with E-state index in [-0.39, 0.29) is 0 Å². The molecule has 1 aromatic carbocycles. The Bertz CT molecular complexity index is 488. The minimum atomic E-state index is 0.682. The van der Waals surface area contributed by atoms with Gasteiger partial charge in [0, 0.05) is 30.1 Å². The molecule has 0 saturated carbocycles. The van der Waals surface area contributed by atoms with E-state index in [9.17, 15) is 0 Å². The summed E-state index contributed by atoms with van der Waals surface area (Å²) in [5.41, 5.74) is 1.03. The largest absolute Gasteiger partial charge is 0.496 e. The van der Waals surface area contributed by atoms with Gasteiger partial charge in [-0.2, -0.15) is 4.98 Å². The average molecular weight is 268 g/mol. The second kappa shape index (κ2) is 6.37.